The quantitative estimate of drug-likeness (QED) is 0.604. The second-order valence-electron chi connectivity index (χ2n) is 6.15. The zero-order valence-corrected chi connectivity index (χ0v) is 15.6. The molecule has 0 aliphatic carbocycles. The Morgan fingerprint density at radius 1 is 1.11 bits per heavy atom. The van der Waals surface area contributed by atoms with Crippen molar-refractivity contribution in [2.24, 2.45) is 0 Å². The summed E-state index contributed by atoms with van der Waals surface area (Å²) in [6.07, 6.45) is -4.41. The Labute approximate surface area is 160 Å². The number of carbonyl (C=O) groups excluding carboxylic acids is 1. The highest BCUT2D eigenvalue weighted by Gasteiger charge is 2.30. The third-order valence-electron chi connectivity index (χ3n) is 3.91. The van der Waals surface area contributed by atoms with Crippen molar-refractivity contribution in [3.63, 3.8) is 0 Å². The van der Waals surface area contributed by atoms with Crippen molar-refractivity contribution in [1.29, 1.82) is 0 Å². The minimum atomic E-state index is -4.41. The fourth-order valence-electron chi connectivity index (χ4n) is 2.37. The van der Waals surface area contributed by atoms with Gasteiger partial charge in [0.25, 0.3) is 10.1 Å². The van der Waals surface area contributed by atoms with Crippen LogP contribution in [0.15, 0.2) is 48.5 Å². The van der Waals surface area contributed by atoms with Crippen LogP contribution in [0, 0.1) is 0 Å². The van der Waals surface area contributed by atoms with E-state index in [2.05, 4.69) is 10.6 Å². The summed E-state index contributed by atoms with van der Waals surface area (Å²) in [6.45, 7) is 1.81. The predicted octanol–water partition coefficient (Wildman–Crippen LogP) is 2.81. The molecule has 0 unspecified atom stereocenters. The van der Waals surface area contributed by atoms with Crippen LogP contribution in [-0.2, 0) is 27.6 Å². The summed E-state index contributed by atoms with van der Waals surface area (Å²) in [7, 11) is -4.29. The van der Waals surface area contributed by atoms with E-state index < -0.39 is 39.7 Å². The largest absolute Gasteiger partial charge is 0.416 e. The molecule has 0 bridgehead atoms. The van der Waals surface area contributed by atoms with E-state index in [1.165, 1.54) is 13.0 Å². The number of benzene rings is 2. The van der Waals surface area contributed by atoms with E-state index in [1.54, 1.807) is 30.3 Å². The van der Waals surface area contributed by atoms with Gasteiger partial charge < -0.3 is 10.6 Å². The minimum absolute atomic E-state index is 0.281. The van der Waals surface area contributed by atoms with Crippen LogP contribution in [0.3, 0.4) is 0 Å². The Balaban J connectivity index is 1.97. The molecule has 10 heteroatoms. The zero-order chi connectivity index (χ0) is 20.9. The highest BCUT2D eigenvalue weighted by molar-refractivity contribution is 7.85. The molecule has 152 valence electrons. The lowest BCUT2D eigenvalue weighted by molar-refractivity contribution is -0.137. The van der Waals surface area contributed by atoms with Gasteiger partial charge in [0, 0.05) is 6.54 Å². The van der Waals surface area contributed by atoms with Crippen LogP contribution in [0.2, 0.25) is 0 Å². The van der Waals surface area contributed by atoms with Crippen molar-refractivity contribution in [1.82, 2.24) is 10.6 Å². The molecule has 0 radical (unpaired) electrons. The van der Waals surface area contributed by atoms with Gasteiger partial charge in [0.05, 0.1) is 11.6 Å². The molecule has 0 saturated carbocycles. The topological polar surface area (TPSA) is 95.5 Å². The van der Waals surface area contributed by atoms with E-state index in [4.69, 9.17) is 4.55 Å². The molecule has 0 aliphatic rings. The van der Waals surface area contributed by atoms with Crippen molar-refractivity contribution in [3.8, 4) is 11.1 Å². The molecule has 0 aromatic heterocycles. The summed E-state index contributed by atoms with van der Waals surface area (Å²) in [5.74, 6) is -1.47. The maximum absolute atomic E-state index is 12.8. The lowest BCUT2D eigenvalue weighted by Crippen LogP contribution is -2.43. The summed E-state index contributed by atoms with van der Waals surface area (Å²) in [4.78, 5) is 11.7. The molecule has 3 N–H and O–H groups in total. The highest BCUT2D eigenvalue weighted by atomic mass is 32.2. The lowest BCUT2D eigenvalue weighted by Gasteiger charge is -2.14. The van der Waals surface area contributed by atoms with Crippen molar-refractivity contribution in [2.45, 2.75) is 25.7 Å². The van der Waals surface area contributed by atoms with Crippen LogP contribution in [-0.4, -0.2) is 30.8 Å². The molecular formula is C18H19F3N2O4S. The molecule has 2 aromatic carbocycles. The Morgan fingerprint density at radius 3 is 2.32 bits per heavy atom. The van der Waals surface area contributed by atoms with Gasteiger partial charge in [-0.1, -0.05) is 36.4 Å². The normalized spacial score (nSPS) is 13.2. The molecule has 6 nitrogen and oxygen atoms in total. The summed E-state index contributed by atoms with van der Waals surface area (Å²) in [5, 5.41) is 4.96. The van der Waals surface area contributed by atoms with Gasteiger partial charge in [0.2, 0.25) is 5.91 Å². The minimum Gasteiger partial charge on any atom is -0.339 e. The van der Waals surface area contributed by atoms with Crippen LogP contribution >= 0.6 is 0 Å². The van der Waals surface area contributed by atoms with E-state index in [9.17, 15) is 26.4 Å². The van der Waals surface area contributed by atoms with E-state index in [0.29, 0.717) is 11.1 Å². The first-order chi connectivity index (χ1) is 13.0. The number of halogens is 3. The monoisotopic (exact) mass is 416 g/mol. The molecular weight excluding hydrogens is 397 g/mol. The summed E-state index contributed by atoms with van der Waals surface area (Å²) in [6, 6.07) is 11.1. The maximum atomic E-state index is 12.8. The number of alkyl halides is 3. The third-order valence-corrected chi connectivity index (χ3v) is 4.42. The van der Waals surface area contributed by atoms with Crippen molar-refractivity contribution in [2.75, 3.05) is 5.88 Å². The van der Waals surface area contributed by atoms with Crippen LogP contribution in [0.4, 0.5) is 13.2 Å². The summed E-state index contributed by atoms with van der Waals surface area (Å²) in [5.41, 5.74) is 1.12. The van der Waals surface area contributed by atoms with Crippen LogP contribution < -0.4 is 10.6 Å². The van der Waals surface area contributed by atoms with Crippen LogP contribution in [0.25, 0.3) is 11.1 Å². The zero-order valence-electron chi connectivity index (χ0n) is 14.8. The Kier molecular flexibility index (Phi) is 6.81. The van der Waals surface area contributed by atoms with Gasteiger partial charge in [-0.3, -0.25) is 9.35 Å². The second-order valence-corrected chi connectivity index (χ2v) is 7.60. The number of hydrogen-bond donors (Lipinski definition) is 3. The Morgan fingerprint density at radius 2 is 1.75 bits per heavy atom. The highest BCUT2D eigenvalue weighted by Crippen LogP contribution is 2.32. The molecule has 0 aliphatic heterocycles. The van der Waals surface area contributed by atoms with Crippen molar-refractivity contribution in [3.05, 3.63) is 59.7 Å². The van der Waals surface area contributed by atoms with Crippen LogP contribution in [0.1, 0.15) is 18.1 Å². The van der Waals surface area contributed by atoms with Gasteiger partial charge >= 0.3 is 6.18 Å². The second kappa shape index (κ2) is 8.72. The van der Waals surface area contributed by atoms with Gasteiger partial charge in [-0.15, -0.1) is 0 Å². The van der Waals surface area contributed by atoms with Gasteiger partial charge in [-0.05, 0) is 35.7 Å². The number of nitrogens with one attached hydrogen (secondary N) is 2. The maximum Gasteiger partial charge on any atom is 0.416 e. The number of hydrogen-bond acceptors (Lipinski definition) is 4. The smallest absolute Gasteiger partial charge is 0.339 e. The Bertz CT molecular complexity index is 929. The third kappa shape index (κ3) is 6.63. The lowest BCUT2D eigenvalue weighted by atomic mass is 10.0. The number of rotatable bonds is 7. The molecule has 0 saturated heterocycles. The van der Waals surface area contributed by atoms with Gasteiger partial charge in [-0.2, -0.15) is 21.6 Å². The first-order valence-electron chi connectivity index (χ1n) is 8.18. The fourth-order valence-corrected chi connectivity index (χ4v) is 2.69. The van der Waals surface area contributed by atoms with Gasteiger partial charge in [-0.25, -0.2) is 0 Å². The fraction of sp³-hybridized carbons (Fsp3) is 0.278. The van der Waals surface area contributed by atoms with E-state index in [0.717, 1.165) is 17.7 Å². The molecule has 2 aromatic rings. The SMILES string of the molecule is C[C@H](NCc1ccc(-c2cccc(C(F)(F)F)c2)cc1)C(=O)NCS(=O)(=O)O. The summed E-state index contributed by atoms with van der Waals surface area (Å²) < 4.78 is 68.3. The molecule has 0 fully saturated rings. The van der Waals surface area contributed by atoms with E-state index in [1.807, 2.05) is 0 Å². The van der Waals surface area contributed by atoms with Crippen molar-refractivity contribution >= 4 is 16.0 Å². The molecule has 1 atom stereocenters. The van der Waals surface area contributed by atoms with Crippen LogP contribution in [0.5, 0.6) is 0 Å². The average Bonchev–Trinajstić information content (AvgIpc) is 2.63. The standard InChI is InChI=1S/C18H19F3N2O4S/c1-12(17(24)23-11-28(25,26)27)22-10-13-5-7-14(8-6-13)15-3-2-4-16(9-15)18(19,20)21/h2-9,12,22H,10-11H2,1H3,(H,23,24)(H,25,26,27)/t12-/m0/s1. The molecule has 28 heavy (non-hydrogen) atoms. The molecule has 0 heterocycles. The number of carbonyl (C=O) groups is 1. The Hall–Kier alpha value is -2.43. The van der Waals surface area contributed by atoms with E-state index in [-0.39, 0.29) is 6.54 Å². The van der Waals surface area contributed by atoms with Crippen molar-refractivity contribution < 1.29 is 30.9 Å². The first kappa shape index (κ1) is 21.9. The molecule has 0 spiro atoms. The number of amides is 1. The predicted molar refractivity (Wildman–Crippen MR) is 97.7 cm³/mol. The first-order valence-corrected chi connectivity index (χ1v) is 9.79. The van der Waals surface area contributed by atoms with Gasteiger partial charge in [0.15, 0.2) is 0 Å². The molecule has 1 amide bonds. The van der Waals surface area contributed by atoms with Gasteiger partial charge in [0.1, 0.15) is 5.88 Å². The summed E-state index contributed by atoms with van der Waals surface area (Å²) >= 11 is 0. The van der Waals surface area contributed by atoms with E-state index >= 15 is 0 Å². The molecule has 2 rings (SSSR count). The average molecular weight is 416 g/mol.